The minimum atomic E-state index is -0.455. The topological polar surface area (TPSA) is 93.7 Å². The van der Waals surface area contributed by atoms with Gasteiger partial charge in [-0.3, -0.25) is 24.6 Å². The number of imide groups is 1. The van der Waals surface area contributed by atoms with Gasteiger partial charge in [-0.2, -0.15) is 0 Å². The highest BCUT2D eigenvalue weighted by atomic mass is 32.2. The number of carbonyl (C=O) groups is 2. The Hall–Kier alpha value is -2.87. The van der Waals surface area contributed by atoms with Gasteiger partial charge in [-0.25, -0.2) is 0 Å². The lowest BCUT2D eigenvalue weighted by Crippen LogP contribution is -2.29. The van der Waals surface area contributed by atoms with E-state index in [1.54, 1.807) is 31.2 Å². The molecule has 1 aromatic carbocycles. The molecule has 1 fully saturated rings. The molecule has 0 unspecified atom stereocenters. The third-order valence-corrected chi connectivity index (χ3v) is 5.03. The number of thioether (sulfide) groups is 1. The van der Waals surface area contributed by atoms with Crippen molar-refractivity contribution in [2.75, 3.05) is 6.54 Å². The van der Waals surface area contributed by atoms with Crippen LogP contribution in [0.25, 0.3) is 17.4 Å². The Morgan fingerprint density at radius 3 is 2.74 bits per heavy atom. The number of hydrogen-bond donors (Lipinski definition) is 0. The number of hydrogen-bond acceptors (Lipinski definition) is 6. The van der Waals surface area contributed by atoms with Gasteiger partial charge in [0.1, 0.15) is 11.5 Å². The molecule has 0 saturated carbocycles. The summed E-state index contributed by atoms with van der Waals surface area (Å²) in [5.41, 5.74) is 1.09. The van der Waals surface area contributed by atoms with Crippen LogP contribution in [0, 0.1) is 17.0 Å². The molecule has 2 heterocycles. The van der Waals surface area contributed by atoms with Crippen molar-refractivity contribution in [3.63, 3.8) is 0 Å². The van der Waals surface area contributed by atoms with Gasteiger partial charge in [-0.15, -0.1) is 0 Å². The van der Waals surface area contributed by atoms with Crippen LogP contribution in [-0.4, -0.2) is 27.5 Å². The Morgan fingerprint density at radius 1 is 1.26 bits per heavy atom. The molecule has 1 aliphatic rings. The predicted molar refractivity (Wildman–Crippen MR) is 103 cm³/mol. The molecule has 0 N–H and O–H groups in total. The second kappa shape index (κ2) is 7.79. The number of amides is 2. The number of nitro groups is 1. The van der Waals surface area contributed by atoms with E-state index >= 15 is 0 Å². The van der Waals surface area contributed by atoms with Gasteiger partial charge in [0.2, 0.25) is 0 Å². The highest BCUT2D eigenvalue weighted by Crippen LogP contribution is 2.35. The highest BCUT2D eigenvalue weighted by molar-refractivity contribution is 8.18. The standard InChI is InChI=1S/C19H18N2O5S/c1-3-4-9-20-18(22)17(27-19(20)23)11-13-6-8-16(26-13)14-7-5-12(2)10-15(14)21(24)25/h5-8,10-11H,3-4,9H2,1-2H3/b17-11+. The minimum absolute atomic E-state index is 0.0456. The first-order valence-corrected chi connectivity index (χ1v) is 9.33. The number of aryl methyl sites for hydroxylation is 1. The van der Waals surface area contributed by atoms with Crippen LogP contribution in [0.5, 0.6) is 0 Å². The second-order valence-corrected chi connectivity index (χ2v) is 7.16. The summed E-state index contributed by atoms with van der Waals surface area (Å²) in [6, 6.07) is 8.12. The molecule has 2 aromatic rings. The van der Waals surface area contributed by atoms with Crippen molar-refractivity contribution in [1.82, 2.24) is 4.90 Å². The predicted octanol–water partition coefficient (Wildman–Crippen LogP) is 5.00. The van der Waals surface area contributed by atoms with Crippen molar-refractivity contribution in [1.29, 1.82) is 0 Å². The SMILES string of the molecule is CCCCN1C(=O)S/C(=C/c2ccc(-c3ccc(C)cc3[N+](=O)[O-])o2)C1=O. The smallest absolute Gasteiger partial charge is 0.293 e. The summed E-state index contributed by atoms with van der Waals surface area (Å²) < 4.78 is 5.69. The van der Waals surface area contributed by atoms with Crippen molar-refractivity contribution in [2.24, 2.45) is 0 Å². The molecule has 7 nitrogen and oxygen atoms in total. The van der Waals surface area contributed by atoms with Crippen molar-refractivity contribution in [2.45, 2.75) is 26.7 Å². The third-order valence-electron chi connectivity index (χ3n) is 4.12. The van der Waals surface area contributed by atoms with Crippen LogP contribution in [0.1, 0.15) is 31.1 Å². The molecule has 0 aliphatic carbocycles. The molecule has 2 amide bonds. The van der Waals surface area contributed by atoms with Gasteiger partial charge in [-0.05, 0) is 48.9 Å². The van der Waals surface area contributed by atoms with Crippen LogP contribution in [0.15, 0.2) is 39.7 Å². The average molecular weight is 386 g/mol. The molecule has 8 heteroatoms. The van der Waals surface area contributed by atoms with Crippen LogP contribution in [0.3, 0.4) is 0 Å². The van der Waals surface area contributed by atoms with Crippen molar-refractivity contribution >= 4 is 34.7 Å². The molecule has 0 atom stereocenters. The molecule has 0 spiro atoms. The molecule has 27 heavy (non-hydrogen) atoms. The summed E-state index contributed by atoms with van der Waals surface area (Å²) in [5, 5.41) is 11.0. The van der Waals surface area contributed by atoms with Crippen molar-refractivity contribution in [3.05, 3.63) is 56.7 Å². The molecule has 1 aliphatic heterocycles. The fourth-order valence-corrected chi connectivity index (χ4v) is 3.56. The van der Waals surface area contributed by atoms with Crippen LogP contribution in [0.4, 0.5) is 10.5 Å². The number of furan rings is 1. The first-order valence-electron chi connectivity index (χ1n) is 8.51. The summed E-state index contributed by atoms with van der Waals surface area (Å²) in [6.45, 7) is 4.17. The Labute approximate surface area is 160 Å². The van der Waals surface area contributed by atoms with Gasteiger partial charge in [0, 0.05) is 18.7 Å². The van der Waals surface area contributed by atoms with Gasteiger partial charge in [-0.1, -0.05) is 19.4 Å². The maximum Gasteiger partial charge on any atom is 0.293 e. The molecule has 3 rings (SSSR count). The molecular formula is C19H18N2O5S. The van der Waals surface area contributed by atoms with E-state index in [1.165, 1.54) is 17.0 Å². The first kappa shape index (κ1) is 18.9. The van der Waals surface area contributed by atoms with Gasteiger partial charge in [0.15, 0.2) is 0 Å². The van der Waals surface area contributed by atoms with E-state index in [2.05, 4.69) is 0 Å². The fourth-order valence-electron chi connectivity index (χ4n) is 2.71. The van der Waals surface area contributed by atoms with Gasteiger partial charge in [0.05, 0.1) is 15.4 Å². The van der Waals surface area contributed by atoms with Gasteiger partial charge < -0.3 is 4.42 Å². The largest absolute Gasteiger partial charge is 0.456 e. The zero-order valence-electron chi connectivity index (χ0n) is 14.9. The van der Waals surface area contributed by atoms with E-state index in [0.29, 0.717) is 23.6 Å². The summed E-state index contributed by atoms with van der Waals surface area (Å²) in [5.74, 6) is 0.358. The van der Waals surface area contributed by atoms with E-state index in [-0.39, 0.29) is 21.7 Å². The zero-order valence-corrected chi connectivity index (χ0v) is 15.7. The van der Waals surface area contributed by atoms with Crippen molar-refractivity contribution in [3.8, 4) is 11.3 Å². The van der Waals surface area contributed by atoms with Gasteiger partial charge >= 0.3 is 0 Å². The molecular weight excluding hydrogens is 368 g/mol. The quantitative estimate of drug-likeness (QED) is 0.394. The van der Waals surface area contributed by atoms with Crippen LogP contribution in [0.2, 0.25) is 0 Å². The number of unbranched alkanes of at least 4 members (excludes halogenated alkanes) is 1. The third kappa shape index (κ3) is 3.95. The number of nitro benzene ring substituents is 1. The maximum absolute atomic E-state index is 12.4. The van der Waals surface area contributed by atoms with Gasteiger partial charge in [0.25, 0.3) is 16.8 Å². The van der Waals surface area contributed by atoms with E-state index in [4.69, 9.17) is 4.42 Å². The van der Waals surface area contributed by atoms with Crippen molar-refractivity contribution < 1.29 is 18.9 Å². The van der Waals surface area contributed by atoms with Crippen LogP contribution >= 0.6 is 11.8 Å². The lowest BCUT2D eigenvalue weighted by molar-refractivity contribution is -0.384. The molecule has 140 valence electrons. The van der Waals surface area contributed by atoms with E-state index < -0.39 is 4.92 Å². The summed E-state index contributed by atoms with van der Waals surface area (Å²) in [4.78, 5) is 36.7. The Bertz CT molecular complexity index is 947. The Balaban J connectivity index is 1.87. The molecule has 0 radical (unpaired) electrons. The Morgan fingerprint density at radius 2 is 2.04 bits per heavy atom. The van der Waals surface area contributed by atoms with Crippen LogP contribution < -0.4 is 0 Å². The average Bonchev–Trinajstić information content (AvgIpc) is 3.19. The number of benzene rings is 1. The number of nitrogens with zero attached hydrogens (tertiary/aromatic N) is 2. The molecule has 0 bridgehead atoms. The summed E-state index contributed by atoms with van der Waals surface area (Å²) >= 11 is 0.872. The minimum Gasteiger partial charge on any atom is -0.456 e. The lowest BCUT2D eigenvalue weighted by atomic mass is 10.1. The molecule has 1 saturated heterocycles. The highest BCUT2D eigenvalue weighted by Gasteiger charge is 2.34. The van der Waals surface area contributed by atoms with E-state index in [0.717, 1.165) is 30.2 Å². The fraction of sp³-hybridized carbons (Fsp3) is 0.263. The first-order chi connectivity index (χ1) is 12.9. The van der Waals surface area contributed by atoms with Crippen LogP contribution in [-0.2, 0) is 4.79 Å². The normalized spacial score (nSPS) is 15.8. The second-order valence-electron chi connectivity index (χ2n) is 6.17. The lowest BCUT2D eigenvalue weighted by Gasteiger charge is -2.10. The maximum atomic E-state index is 12.4. The summed E-state index contributed by atoms with van der Waals surface area (Å²) in [6.07, 6.45) is 3.14. The molecule has 1 aromatic heterocycles. The monoisotopic (exact) mass is 386 g/mol. The zero-order chi connectivity index (χ0) is 19.6. The number of rotatable bonds is 6. The number of carbonyl (C=O) groups excluding carboxylic acids is 2. The summed E-state index contributed by atoms with van der Waals surface area (Å²) in [7, 11) is 0. The van der Waals surface area contributed by atoms with E-state index in [9.17, 15) is 19.7 Å². The van der Waals surface area contributed by atoms with E-state index in [1.807, 2.05) is 6.92 Å². The Kier molecular flexibility index (Phi) is 5.46.